The Labute approximate surface area is 125 Å². The number of hydrogen-bond acceptors (Lipinski definition) is 3. The van der Waals surface area contributed by atoms with Crippen LogP contribution in [0.25, 0.3) is 0 Å². The van der Waals surface area contributed by atoms with E-state index in [1.165, 1.54) is 24.6 Å². The van der Waals surface area contributed by atoms with Gasteiger partial charge >= 0.3 is 0 Å². The van der Waals surface area contributed by atoms with Gasteiger partial charge < -0.3 is 10.0 Å². The second-order valence-corrected chi connectivity index (χ2v) is 6.69. The first-order valence-electron chi connectivity index (χ1n) is 7.24. The lowest BCUT2D eigenvalue weighted by molar-refractivity contribution is -0.129. The van der Waals surface area contributed by atoms with Gasteiger partial charge in [-0.1, -0.05) is 19.1 Å². The average molecular weight is 293 g/mol. The predicted octanol–water partition coefficient (Wildman–Crippen LogP) is 3.52. The Balaban J connectivity index is 1.84. The Morgan fingerprint density at radius 1 is 1.30 bits per heavy atom. The maximum Gasteiger partial charge on any atom is 0.232 e. The topological polar surface area (TPSA) is 40.5 Å². The number of hydrogen-bond donors (Lipinski definition) is 1. The summed E-state index contributed by atoms with van der Waals surface area (Å²) in [6.07, 6.45) is 4.67. The molecular formula is C16H23NO2S. The standard InChI is InChI=1S/C16H23NO2S/c1-12-7-9-13(10-8-12)17(2)16(19)11-20-15-6-4-3-5-14(15)18/h3-6,12-13,18H,7-11H2,1-2H3. The molecule has 0 unspecified atom stereocenters. The van der Waals surface area contributed by atoms with Gasteiger partial charge in [-0.3, -0.25) is 4.79 Å². The normalized spacial score (nSPS) is 22.5. The summed E-state index contributed by atoms with van der Waals surface area (Å²) in [4.78, 5) is 14.9. The minimum atomic E-state index is 0.151. The SMILES string of the molecule is CC1CCC(N(C)C(=O)CSc2ccccc2O)CC1. The van der Waals surface area contributed by atoms with Crippen molar-refractivity contribution in [1.82, 2.24) is 4.90 Å². The third-order valence-electron chi connectivity index (χ3n) is 4.14. The minimum Gasteiger partial charge on any atom is -0.507 e. The van der Waals surface area contributed by atoms with Crippen molar-refractivity contribution >= 4 is 17.7 Å². The molecule has 0 saturated heterocycles. The maximum atomic E-state index is 12.2. The molecule has 4 heteroatoms. The Morgan fingerprint density at radius 2 is 1.95 bits per heavy atom. The molecule has 110 valence electrons. The van der Waals surface area contributed by atoms with Crippen molar-refractivity contribution in [2.24, 2.45) is 5.92 Å². The van der Waals surface area contributed by atoms with Crippen molar-refractivity contribution < 1.29 is 9.90 Å². The van der Waals surface area contributed by atoms with Crippen molar-refractivity contribution in [2.45, 2.75) is 43.5 Å². The number of thioether (sulfide) groups is 1. The Morgan fingerprint density at radius 3 is 2.60 bits per heavy atom. The number of rotatable bonds is 4. The maximum absolute atomic E-state index is 12.2. The van der Waals surface area contributed by atoms with Gasteiger partial charge in [0.05, 0.1) is 5.75 Å². The van der Waals surface area contributed by atoms with Crippen LogP contribution in [0.1, 0.15) is 32.6 Å². The molecule has 0 bridgehead atoms. The number of amides is 1. The number of nitrogens with zero attached hydrogens (tertiary/aromatic N) is 1. The van der Waals surface area contributed by atoms with Crippen molar-refractivity contribution in [3.8, 4) is 5.75 Å². The molecule has 1 saturated carbocycles. The van der Waals surface area contributed by atoms with E-state index in [0.717, 1.165) is 23.7 Å². The Bertz CT molecular complexity index is 456. The first-order chi connectivity index (χ1) is 9.58. The first kappa shape index (κ1) is 15.2. The zero-order valence-corrected chi connectivity index (χ0v) is 13.0. The molecule has 0 radical (unpaired) electrons. The van der Waals surface area contributed by atoms with E-state index in [4.69, 9.17) is 0 Å². The van der Waals surface area contributed by atoms with Crippen LogP contribution in [0.5, 0.6) is 5.75 Å². The van der Waals surface area contributed by atoms with Crippen LogP contribution in [-0.2, 0) is 4.79 Å². The quantitative estimate of drug-likeness (QED) is 0.864. The molecule has 1 N–H and O–H groups in total. The second-order valence-electron chi connectivity index (χ2n) is 5.67. The van der Waals surface area contributed by atoms with Crippen molar-refractivity contribution in [2.75, 3.05) is 12.8 Å². The molecule has 1 aliphatic rings. The highest BCUT2D eigenvalue weighted by molar-refractivity contribution is 8.00. The average Bonchev–Trinajstić information content (AvgIpc) is 2.46. The largest absolute Gasteiger partial charge is 0.507 e. The Hall–Kier alpha value is -1.16. The van der Waals surface area contributed by atoms with Gasteiger partial charge in [-0.2, -0.15) is 0 Å². The van der Waals surface area contributed by atoms with Gasteiger partial charge in [-0.15, -0.1) is 11.8 Å². The van der Waals surface area contributed by atoms with Crippen LogP contribution in [0.15, 0.2) is 29.2 Å². The van der Waals surface area contributed by atoms with E-state index in [0.29, 0.717) is 11.8 Å². The molecule has 1 aromatic rings. The van der Waals surface area contributed by atoms with E-state index < -0.39 is 0 Å². The molecule has 3 nitrogen and oxygen atoms in total. The molecule has 0 aromatic heterocycles. The lowest BCUT2D eigenvalue weighted by Gasteiger charge is -2.33. The number of carbonyl (C=O) groups excluding carboxylic acids is 1. The summed E-state index contributed by atoms with van der Waals surface area (Å²) < 4.78 is 0. The van der Waals surface area contributed by atoms with E-state index in [9.17, 15) is 9.90 Å². The van der Waals surface area contributed by atoms with E-state index in [-0.39, 0.29) is 11.7 Å². The second kappa shape index (κ2) is 7.02. The van der Waals surface area contributed by atoms with Gasteiger partial charge in [0.15, 0.2) is 0 Å². The number of phenolic OH excluding ortho intramolecular Hbond substituents is 1. The van der Waals surface area contributed by atoms with E-state index in [1.54, 1.807) is 12.1 Å². The van der Waals surface area contributed by atoms with Gasteiger partial charge in [0, 0.05) is 18.0 Å². The monoisotopic (exact) mass is 293 g/mol. The molecule has 0 aliphatic heterocycles. The minimum absolute atomic E-state index is 0.151. The molecule has 1 aromatic carbocycles. The summed E-state index contributed by atoms with van der Waals surface area (Å²) in [6.45, 7) is 2.28. The highest BCUT2D eigenvalue weighted by Gasteiger charge is 2.24. The molecule has 0 atom stereocenters. The van der Waals surface area contributed by atoms with Gasteiger partial charge in [0.2, 0.25) is 5.91 Å². The summed E-state index contributed by atoms with van der Waals surface area (Å²) in [5.74, 6) is 1.59. The van der Waals surface area contributed by atoms with Crippen LogP contribution in [-0.4, -0.2) is 34.8 Å². The summed E-state index contributed by atoms with van der Waals surface area (Å²) in [7, 11) is 1.91. The number of carbonyl (C=O) groups is 1. The lowest BCUT2D eigenvalue weighted by atomic mass is 9.87. The van der Waals surface area contributed by atoms with Gasteiger partial charge in [0.1, 0.15) is 5.75 Å². The molecule has 1 amide bonds. The fourth-order valence-corrected chi connectivity index (χ4v) is 3.53. The molecule has 20 heavy (non-hydrogen) atoms. The highest BCUT2D eigenvalue weighted by Crippen LogP contribution is 2.29. The van der Waals surface area contributed by atoms with Gasteiger partial charge in [-0.05, 0) is 43.7 Å². The fourth-order valence-electron chi connectivity index (χ4n) is 2.65. The molecular weight excluding hydrogens is 270 g/mol. The third-order valence-corrected chi connectivity index (χ3v) is 5.19. The predicted molar refractivity (Wildman–Crippen MR) is 83.0 cm³/mol. The summed E-state index contributed by atoms with van der Waals surface area (Å²) in [6, 6.07) is 7.55. The van der Waals surface area contributed by atoms with Crippen molar-refractivity contribution in [3.05, 3.63) is 24.3 Å². The van der Waals surface area contributed by atoms with E-state index in [2.05, 4.69) is 6.92 Å². The fraction of sp³-hybridized carbons (Fsp3) is 0.562. The zero-order valence-electron chi connectivity index (χ0n) is 12.2. The third kappa shape index (κ3) is 3.92. The summed E-state index contributed by atoms with van der Waals surface area (Å²) >= 11 is 1.41. The number of phenols is 1. The molecule has 0 heterocycles. The first-order valence-corrected chi connectivity index (χ1v) is 8.23. The van der Waals surface area contributed by atoms with Crippen LogP contribution in [0.4, 0.5) is 0 Å². The number of aromatic hydroxyl groups is 1. The smallest absolute Gasteiger partial charge is 0.232 e. The van der Waals surface area contributed by atoms with Gasteiger partial charge in [-0.25, -0.2) is 0 Å². The van der Waals surface area contributed by atoms with Crippen molar-refractivity contribution in [1.29, 1.82) is 0 Å². The van der Waals surface area contributed by atoms with E-state index >= 15 is 0 Å². The molecule has 0 spiro atoms. The van der Waals surface area contributed by atoms with Crippen LogP contribution in [0.2, 0.25) is 0 Å². The highest BCUT2D eigenvalue weighted by atomic mass is 32.2. The Kier molecular flexibility index (Phi) is 5.35. The van der Waals surface area contributed by atoms with Crippen molar-refractivity contribution in [3.63, 3.8) is 0 Å². The van der Waals surface area contributed by atoms with Crippen LogP contribution in [0, 0.1) is 5.92 Å². The zero-order chi connectivity index (χ0) is 14.5. The summed E-state index contributed by atoms with van der Waals surface area (Å²) in [5.41, 5.74) is 0. The molecule has 1 aliphatic carbocycles. The van der Waals surface area contributed by atoms with Crippen LogP contribution in [0.3, 0.4) is 0 Å². The van der Waals surface area contributed by atoms with Gasteiger partial charge in [0.25, 0.3) is 0 Å². The van der Waals surface area contributed by atoms with Crippen LogP contribution >= 0.6 is 11.8 Å². The number of benzene rings is 1. The molecule has 1 fully saturated rings. The summed E-state index contributed by atoms with van der Waals surface area (Å²) in [5, 5.41) is 9.69. The number of para-hydroxylation sites is 1. The molecule has 2 rings (SSSR count). The lowest BCUT2D eigenvalue weighted by Crippen LogP contribution is -2.40. The van der Waals surface area contributed by atoms with Crippen LogP contribution < -0.4 is 0 Å². The van der Waals surface area contributed by atoms with E-state index in [1.807, 2.05) is 24.1 Å².